The second kappa shape index (κ2) is 5.77. The highest BCUT2D eigenvalue weighted by molar-refractivity contribution is 5.57. The second-order valence-electron chi connectivity index (χ2n) is 7.02. The van der Waals surface area contributed by atoms with Crippen molar-refractivity contribution in [3.63, 3.8) is 0 Å². The lowest BCUT2D eigenvalue weighted by Crippen LogP contribution is -2.33. The summed E-state index contributed by atoms with van der Waals surface area (Å²) in [4.78, 5) is 9.17. The predicted molar refractivity (Wildman–Crippen MR) is 85.4 cm³/mol. The molecule has 0 radical (unpaired) electrons. The molecule has 1 aliphatic heterocycles. The van der Waals surface area contributed by atoms with Gasteiger partial charge in [0.1, 0.15) is 17.5 Å². The smallest absolute Gasteiger partial charge is 0.148 e. The summed E-state index contributed by atoms with van der Waals surface area (Å²) in [5.74, 6) is 7.83. The topological polar surface area (TPSA) is 85.1 Å². The van der Waals surface area contributed by atoms with Gasteiger partial charge in [-0.2, -0.15) is 0 Å². The van der Waals surface area contributed by atoms with Gasteiger partial charge in [0.2, 0.25) is 0 Å². The minimum Gasteiger partial charge on any atom is -0.373 e. The van der Waals surface area contributed by atoms with Crippen molar-refractivity contribution < 1.29 is 4.74 Å². The van der Waals surface area contributed by atoms with E-state index in [1.165, 1.54) is 0 Å². The molecule has 0 aromatic carbocycles. The normalized spacial score (nSPS) is 22.4. The van der Waals surface area contributed by atoms with Gasteiger partial charge in [-0.25, -0.2) is 15.8 Å². The third kappa shape index (κ3) is 3.63. The Balaban J connectivity index is 2.25. The van der Waals surface area contributed by atoms with Crippen LogP contribution in [0.25, 0.3) is 0 Å². The lowest BCUT2D eigenvalue weighted by molar-refractivity contribution is 0.0314. The van der Waals surface area contributed by atoms with E-state index in [4.69, 9.17) is 10.6 Å². The van der Waals surface area contributed by atoms with Crippen LogP contribution in [0.5, 0.6) is 0 Å². The van der Waals surface area contributed by atoms with E-state index in [9.17, 15) is 0 Å². The summed E-state index contributed by atoms with van der Waals surface area (Å²) in [6.45, 7) is 11.9. The van der Waals surface area contributed by atoms with Gasteiger partial charge < -0.3 is 15.5 Å². The average molecular weight is 293 g/mol. The van der Waals surface area contributed by atoms with Crippen LogP contribution in [0.2, 0.25) is 0 Å². The first-order valence-electron chi connectivity index (χ1n) is 7.49. The van der Waals surface area contributed by atoms with Crippen LogP contribution in [0.1, 0.15) is 51.9 Å². The second-order valence-corrected chi connectivity index (χ2v) is 7.02. The van der Waals surface area contributed by atoms with E-state index in [0.29, 0.717) is 5.82 Å². The lowest BCUT2D eigenvalue weighted by Gasteiger charge is -2.25. The molecule has 0 aliphatic carbocycles. The Morgan fingerprint density at radius 3 is 2.48 bits per heavy atom. The molecule has 6 nitrogen and oxygen atoms in total. The summed E-state index contributed by atoms with van der Waals surface area (Å²) in [7, 11) is 0. The monoisotopic (exact) mass is 293 g/mol. The third-order valence-electron chi connectivity index (χ3n) is 3.88. The van der Waals surface area contributed by atoms with Crippen molar-refractivity contribution in [3.8, 4) is 0 Å². The summed E-state index contributed by atoms with van der Waals surface area (Å²) in [5, 5.41) is 3.41. The van der Waals surface area contributed by atoms with E-state index >= 15 is 0 Å². The molecule has 4 N–H and O–H groups in total. The lowest BCUT2D eigenvalue weighted by atomic mass is 9.95. The molecule has 1 unspecified atom stereocenters. The van der Waals surface area contributed by atoms with Crippen LogP contribution in [0.15, 0.2) is 0 Å². The highest BCUT2D eigenvalue weighted by Gasteiger charge is 2.30. The molecule has 0 amide bonds. The van der Waals surface area contributed by atoms with Gasteiger partial charge in [0.15, 0.2) is 0 Å². The van der Waals surface area contributed by atoms with Crippen molar-refractivity contribution in [1.82, 2.24) is 9.97 Å². The van der Waals surface area contributed by atoms with Gasteiger partial charge in [-0.15, -0.1) is 0 Å². The Kier molecular flexibility index (Phi) is 4.39. The molecule has 21 heavy (non-hydrogen) atoms. The zero-order valence-electron chi connectivity index (χ0n) is 13.7. The zero-order chi connectivity index (χ0) is 15.7. The van der Waals surface area contributed by atoms with E-state index < -0.39 is 0 Å². The molecule has 1 fully saturated rings. The van der Waals surface area contributed by atoms with Crippen LogP contribution < -0.4 is 16.6 Å². The number of aromatic nitrogens is 2. The first-order valence-corrected chi connectivity index (χ1v) is 7.49. The minimum atomic E-state index is -0.135. The van der Waals surface area contributed by atoms with E-state index in [0.717, 1.165) is 43.2 Å². The van der Waals surface area contributed by atoms with Crippen molar-refractivity contribution >= 4 is 11.6 Å². The molecule has 1 aromatic heterocycles. The molecule has 1 saturated heterocycles. The van der Waals surface area contributed by atoms with Crippen molar-refractivity contribution in [3.05, 3.63) is 11.4 Å². The molecule has 0 saturated carbocycles. The van der Waals surface area contributed by atoms with Crippen LogP contribution in [-0.4, -0.2) is 28.7 Å². The van der Waals surface area contributed by atoms with E-state index in [-0.39, 0.29) is 11.0 Å². The Bertz CT molecular complexity index is 504. The standard InChI is InChI=1S/C15H27N5O/c1-10-11(17-9-15(5)7-6-8-21-15)18-13(14(2,3)4)19-12(10)20-16/h6-9,16H2,1-5H3,(H2,17,18,19,20). The number of hydrogen-bond donors (Lipinski definition) is 3. The first kappa shape index (κ1) is 16.0. The van der Waals surface area contributed by atoms with E-state index in [2.05, 4.69) is 48.4 Å². The van der Waals surface area contributed by atoms with Gasteiger partial charge in [0.25, 0.3) is 0 Å². The summed E-state index contributed by atoms with van der Waals surface area (Å²) in [6.07, 6.45) is 2.18. The summed E-state index contributed by atoms with van der Waals surface area (Å²) < 4.78 is 5.81. The Hall–Kier alpha value is -1.40. The van der Waals surface area contributed by atoms with Crippen molar-refractivity contribution in [2.75, 3.05) is 23.9 Å². The number of anilines is 2. The Morgan fingerprint density at radius 2 is 1.95 bits per heavy atom. The maximum atomic E-state index is 5.81. The van der Waals surface area contributed by atoms with Gasteiger partial charge in [0.05, 0.1) is 5.60 Å². The number of hydrogen-bond acceptors (Lipinski definition) is 6. The molecular weight excluding hydrogens is 266 g/mol. The van der Waals surface area contributed by atoms with Gasteiger partial charge in [-0.1, -0.05) is 20.8 Å². The number of nitrogens with two attached hydrogens (primary N) is 1. The first-order chi connectivity index (χ1) is 9.75. The predicted octanol–water partition coefficient (Wildman–Crippen LogP) is 2.35. The SMILES string of the molecule is Cc1c(NN)nc(C(C)(C)C)nc1NCC1(C)CCCO1. The van der Waals surface area contributed by atoms with E-state index in [1.807, 2.05) is 6.92 Å². The molecule has 118 valence electrons. The fourth-order valence-electron chi connectivity index (χ4n) is 2.41. The quantitative estimate of drug-likeness (QED) is 0.583. The van der Waals surface area contributed by atoms with Crippen LogP contribution in [0, 0.1) is 6.92 Å². The van der Waals surface area contributed by atoms with Crippen molar-refractivity contribution in [1.29, 1.82) is 0 Å². The number of rotatable bonds is 4. The molecule has 1 aromatic rings. The van der Waals surface area contributed by atoms with Crippen LogP contribution in [-0.2, 0) is 10.2 Å². The van der Waals surface area contributed by atoms with Gasteiger partial charge in [-0.3, -0.25) is 0 Å². The molecule has 2 heterocycles. The molecule has 1 aliphatic rings. The number of nitrogen functional groups attached to an aromatic ring is 1. The van der Waals surface area contributed by atoms with Crippen LogP contribution >= 0.6 is 0 Å². The summed E-state index contributed by atoms with van der Waals surface area (Å²) in [5.41, 5.74) is 3.34. The summed E-state index contributed by atoms with van der Waals surface area (Å²) >= 11 is 0. The highest BCUT2D eigenvalue weighted by Crippen LogP contribution is 2.28. The van der Waals surface area contributed by atoms with Gasteiger partial charge in [-0.05, 0) is 26.7 Å². The fraction of sp³-hybridized carbons (Fsp3) is 0.733. The summed E-state index contributed by atoms with van der Waals surface area (Å²) in [6, 6.07) is 0. The molecule has 0 spiro atoms. The van der Waals surface area contributed by atoms with Crippen LogP contribution in [0.3, 0.4) is 0 Å². The largest absolute Gasteiger partial charge is 0.373 e. The Morgan fingerprint density at radius 1 is 1.29 bits per heavy atom. The fourth-order valence-corrected chi connectivity index (χ4v) is 2.41. The number of hydrazine groups is 1. The highest BCUT2D eigenvalue weighted by atomic mass is 16.5. The molecular formula is C15H27N5O. The maximum Gasteiger partial charge on any atom is 0.148 e. The third-order valence-corrected chi connectivity index (χ3v) is 3.88. The van der Waals surface area contributed by atoms with Crippen molar-refractivity contribution in [2.24, 2.45) is 5.84 Å². The number of ether oxygens (including phenoxy) is 1. The van der Waals surface area contributed by atoms with E-state index in [1.54, 1.807) is 0 Å². The molecule has 6 heteroatoms. The Labute approximate surface area is 126 Å². The number of nitrogens with zero attached hydrogens (tertiary/aromatic N) is 2. The maximum absolute atomic E-state index is 5.81. The van der Waals surface area contributed by atoms with Crippen molar-refractivity contribution in [2.45, 2.75) is 58.5 Å². The zero-order valence-corrected chi connectivity index (χ0v) is 13.7. The molecule has 2 rings (SSSR count). The van der Waals surface area contributed by atoms with Gasteiger partial charge in [0, 0.05) is 24.1 Å². The molecule has 0 bridgehead atoms. The minimum absolute atomic E-state index is 0.115. The number of nitrogens with one attached hydrogen (secondary N) is 2. The average Bonchev–Trinajstić information content (AvgIpc) is 2.83. The molecule has 1 atom stereocenters. The van der Waals surface area contributed by atoms with Crippen LogP contribution in [0.4, 0.5) is 11.6 Å². The van der Waals surface area contributed by atoms with Gasteiger partial charge >= 0.3 is 0 Å².